The lowest BCUT2D eigenvalue weighted by Crippen LogP contribution is -2.05. The molecule has 106 valence electrons. The number of carbonyl (C=O) groups excluding carboxylic acids is 1. The van der Waals surface area contributed by atoms with E-state index in [-0.39, 0.29) is 11.7 Å². The number of hydrogen-bond acceptors (Lipinski definition) is 2. The molecule has 0 aliphatic rings. The van der Waals surface area contributed by atoms with Gasteiger partial charge in [0.25, 0.3) is 0 Å². The number of carbonyl (C=O) groups is 1. The molecule has 4 heteroatoms. The number of benzene rings is 1. The molecular weight excluding hydrogens is 284 g/mol. The minimum atomic E-state index is -0.0147. The molecular formula is C17H15ClN2O. The summed E-state index contributed by atoms with van der Waals surface area (Å²) in [6.45, 7) is 1.62. The van der Waals surface area contributed by atoms with Crippen LogP contribution in [0, 0.1) is 0 Å². The molecule has 3 rings (SSSR count). The quantitative estimate of drug-likeness (QED) is 0.779. The first-order valence-corrected chi connectivity index (χ1v) is 7.20. The van der Waals surface area contributed by atoms with Crippen molar-refractivity contribution in [2.24, 2.45) is 0 Å². The van der Waals surface area contributed by atoms with Crippen LogP contribution in [0.1, 0.15) is 30.4 Å². The van der Waals surface area contributed by atoms with Crippen molar-refractivity contribution in [3.05, 3.63) is 64.9 Å². The molecule has 0 aliphatic carbocycles. The molecule has 0 saturated carbocycles. The minimum Gasteiger partial charge on any atom is -0.346 e. The molecule has 2 aromatic heterocycles. The second-order valence-electron chi connectivity index (χ2n) is 5.13. The number of H-pyrrole nitrogens is 1. The molecule has 3 nitrogen and oxygen atoms in total. The molecule has 3 aromatic rings. The van der Waals surface area contributed by atoms with E-state index in [1.165, 1.54) is 0 Å². The van der Waals surface area contributed by atoms with Crippen molar-refractivity contribution in [2.75, 3.05) is 0 Å². The predicted molar refractivity (Wildman–Crippen MR) is 84.7 cm³/mol. The van der Waals surface area contributed by atoms with E-state index in [0.717, 1.165) is 22.2 Å². The zero-order valence-electron chi connectivity index (χ0n) is 11.6. The van der Waals surface area contributed by atoms with Crippen molar-refractivity contribution in [2.45, 2.75) is 19.3 Å². The molecule has 1 aromatic carbocycles. The number of ketones is 1. The summed E-state index contributed by atoms with van der Waals surface area (Å²) in [5, 5.41) is 1.55. The van der Waals surface area contributed by atoms with Crippen LogP contribution in [-0.4, -0.2) is 15.8 Å². The number of pyridine rings is 1. The van der Waals surface area contributed by atoms with E-state index in [9.17, 15) is 4.79 Å². The average molecular weight is 299 g/mol. The standard InChI is InChI=1S/C17H15ClN2O/c1-11(21)9-13(12-5-3-2-4-6-12)14-10-20-17-16(14)15(18)7-8-19-17/h2-8,10,13H,9H2,1H3,(H,19,20). The molecule has 0 spiro atoms. The molecule has 21 heavy (non-hydrogen) atoms. The first-order valence-electron chi connectivity index (χ1n) is 6.82. The Morgan fingerprint density at radius 1 is 1.29 bits per heavy atom. The van der Waals surface area contributed by atoms with Crippen LogP contribution in [0.2, 0.25) is 5.02 Å². The molecule has 0 bridgehead atoms. The molecule has 0 aliphatic heterocycles. The molecule has 1 atom stereocenters. The van der Waals surface area contributed by atoms with E-state index in [4.69, 9.17) is 11.6 Å². The van der Waals surface area contributed by atoms with Crippen LogP contribution >= 0.6 is 11.6 Å². The van der Waals surface area contributed by atoms with E-state index in [0.29, 0.717) is 11.4 Å². The number of aromatic nitrogens is 2. The Balaban J connectivity index is 2.17. The van der Waals surface area contributed by atoms with Crippen molar-refractivity contribution in [1.82, 2.24) is 9.97 Å². The summed E-state index contributed by atoms with van der Waals surface area (Å²) >= 11 is 6.33. The van der Waals surface area contributed by atoms with Gasteiger partial charge in [-0.3, -0.25) is 4.79 Å². The summed E-state index contributed by atoms with van der Waals surface area (Å²) in [6.07, 6.45) is 4.03. The third-order valence-corrected chi connectivity index (χ3v) is 3.94. The number of fused-ring (bicyclic) bond motifs is 1. The molecule has 0 fully saturated rings. The smallest absolute Gasteiger partial charge is 0.139 e. The van der Waals surface area contributed by atoms with Gasteiger partial charge in [-0.1, -0.05) is 41.9 Å². The van der Waals surface area contributed by atoms with Crippen LogP contribution in [0.5, 0.6) is 0 Å². The largest absolute Gasteiger partial charge is 0.346 e. The van der Waals surface area contributed by atoms with Crippen LogP contribution in [0.25, 0.3) is 11.0 Å². The van der Waals surface area contributed by atoms with Gasteiger partial charge in [-0.15, -0.1) is 0 Å². The van der Waals surface area contributed by atoms with Gasteiger partial charge < -0.3 is 4.98 Å². The summed E-state index contributed by atoms with van der Waals surface area (Å²) in [7, 11) is 0. The molecule has 0 saturated heterocycles. The summed E-state index contributed by atoms with van der Waals surface area (Å²) in [5.41, 5.74) is 2.88. The van der Waals surface area contributed by atoms with Crippen LogP contribution in [-0.2, 0) is 4.79 Å². The number of Topliss-reactive ketones (excluding diaryl/α,β-unsaturated/α-hetero) is 1. The van der Waals surface area contributed by atoms with Crippen molar-refractivity contribution in [3.63, 3.8) is 0 Å². The Morgan fingerprint density at radius 2 is 2.05 bits per heavy atom. The van der Waals surface area contributed by atoms with Gasteiger partial charge in [-0.2, -0.15) is 0 Å². The Morgan fingerprint density at radius 3 is 2.76 bits per heavy atom. The van der Waals surface area contributed by atoms with E-state index in [2.05, 4.69) is 9.97 Å². The Kier molecular flexibility index (Phi) is 3.76. The SMILES string of the molecule is CC(=O)CC(c1ccccc1)c1c[nH]c2nccc(Cl)c12. The minimum absolute atomic E-state index is 0.0147. The zero-order valence-corrected chi connectivity index (χ0v) is 12.4. The monoisotopic (exact) mass is 298 g/mol. The summed E-state index contributed by atoms with van der Waals surface area (Å²) in [5.74, 6) is 0.136. The molecule has 0 radical (unpaired) electrons. The van der Waals surface area contributed by atoms with Gasteiger partial charge in [0.2, 0.25) is 0 Å². The first-order chi connectivity index (χ1) is 10.2. The molecule has 2 heterocycles. The normalized spacial score (nSPS) is 12.5. The second kappa shape index (κ2) is 5.70. The molecule has 1 N–H and O–H groups in total. The lowest BCUT2D eigenvalue weighted by atomic mass is 9.87. The van der Waals surface area contributed by atoms with E-state index < -0.39 is 0 Å². The highest BCUT2D eigenvalue weighted by molar-refractivity contribution is 6.35. The van der Waals surface area contributed by atoms with Crippen LogP contribution in [0.3, 0.4) is 0 Å². The third-order valence-electron chi connectivity index (χ3n) is 3.62. The van der Waals surface area contributed by atoms with Gasteiger partial charge in [0.05, 0.1) is 5.02 Å². The van der Waals surface area contributed by atoms with Crippen molar-refractivity contribution in [1.29, 1.82) is 0 Å². The Bertz CT molecular complexity index is 780. The highest BCUT2D eigenvalue weighted by atomic mass is 35.5. The van der Waals surface area contributed by atoms with Gasteiger partial charge in [0, 0.05) is 30.1 Å². The summed E-state index contributed by atoms with van der Waals surface area (Å²) < 4.78 is 0. The number of halogens is 1. The van der Waals surface area contributed by atoms with Gasteiger partial charge in [0.1, 0.15) is 11.4 Å². The van der Waals surface area contributed by atoms with Gasteiger partial charge >= 0.3 is 0 Å². The van der Waals surface area contributed by atoms with Gasteiger partial charge in [-0.05, 0) is 24.1 Å². The number of rotatable bonds is 4. The number of nitrogens with one attached hydrogen (secondary N) is 1. The summed E-state index contributed by atoms with van der Waals surface area (Å²) in [6, 6.07) is 11.8. The molecule has 0 amide bonds. The summed E-state index contributed by atoms with van der Waals surface area (Å²) in [4.78, 5) is 19.1. The topological polar surface area (TPSA) is 45.8 Å². The van der Waals surface area contributed by atoms with Gasteiger partial charge in [-0.25, -0.2) is 4.98 Å². The fourth-order valence-electron chi connectivity index (χ4n) is 2.70. The highest BCUT2D eigenvalue weighted by Crippen LogP contribution is 2.35. The Labute approximate surface area is 128 Å². The fraction of sp³-hybridized carbons (Fsp3) is 0.176. The van der Waals surface area contributed by atoms with E-state index >= 15 is 0 Å². The highest BCUT2D eigenvalue weighted by Gasteiger charge is 2.21. The lowest BCUT2D eigenvalue weighted by molar-refractivity contribution is -0.117. The number of aromatic amines is 1. The zero-order chi connectivity index (χ0) is 14.8. The average Bonchev–Trinajstić information content (AvgIpc) is 2.91. The first kappa shape index (κ1) is 13.8. The maximum Gasteiger partial charge on any atom is 0.139 e. The van der Waals surface area contributed by atoms with Crippen LogP contribution in [0.15, 0.2) is 48.8 Å². The Hall–Kier alpha value is -2.13. The van der Waals surface area contributed by atoms with Crippen LogP contribution < -0.4 is 0 Å². The maximum atomic E-state index is 11.7. The fourth-order valence-corrected chi connectivity index (χ4v) is 2.95. The third kappa shape index (κ3) is 2.69. The number of hydrogen-bond donors (Lipinski definition) is 1. The maximum absolute atomic E-state index is 11.7. The van der Waals surface area contributed by atoms with Crippen LogP contribution in [0.4, 0.5) is 0 Å². The van der Waals surface area contributed by atoms with E-state index in [1.54, 1.807) is 19.2 Å². The van der Waals surface area contributed by atoms with Gasteiger partial charge in [0.15, 0.2) is 0 Å². The number of nitrogens with zero attached hydrogens (tertiary/aromatic N) is 1. The van der Waals surface area contributed by atoms with Crippen molar-refractivity contribution < 1.29 is 4.79 Å². The van der Waals surface area contributed by atoms with Crippen molar-refractivity contribution in [3.8, 4) is 0 Å². The lowest BCUT2D eigenvalue weighted by Gasteiger charge is -2.16. The molecule has 1 unspecified atom stereocenters. The predicted octanol–water partition coefficient (Wildman–Crippen LogP) is 4.33. The van der Waals surface area contributed by atoms with E-state index in [1.807, 2.05) is 36.5 Å². The second-order valence-corrected chi connectivity index (χ2v) is 5.54. The van der Waals surface area contributed by atoms with Crippen molar-refractivity contribution >= 4 is 28.4 Å².